The van der Waals surface area contributed by atoms with E-state index in [1.165, 1.54) is 6.42 Å². The van der Waals surface area contributed by atoms with Gasteiger partial charge in [0.15, 0.2) is 0 Å². The zero-order chi connectivity index (χ0) is 12.5. The Morgan fingerprint density at radius 2 is 2.22 bits per heavy atom. The van der Waals surface area contributed by atoms with Gasteiger partial charge in [-0.2, -0.15) is 10.2 Å². The number of aromatic nitrogens is 2. The number of aryl methyl sites for hydroxylation is 1. The van der Waals surface area contributed by atoms with Gasteiger partial charge in [-0.15, -0.1) is 0 Å². The van der Waals surface area contributed by atoms with Crippen LogP contribution in [0.25, 0.3) is 11.4 Å². The lowest BCUT2D eigenvalue weighted by Crippen LogP contribution is -2.08. The first-order chi connectivity index (χ1) is 8.78. The summed E-state index contributed by atoms with van der Waals surface area (Å²) in [6.07, 6.45) is 3.52. The molecule has 2 aromatic rings. The Balaban J connectivity index is 1.94. The van der Waals surface area contributed by atoms with Gasteiger partial charge in [-0.1, -0.05) is 23.7 Å². The molecule has 0 N–H and O–H groups in total. The molecule has 3 rings (SSSR count). The van der Waals surface area contributed by atoms with Crippen LogP contribution in [0.15, 0.2) is 22.7 Å². The van der Waals surface area contributed by atoms with Crippen molar-refractivity contribution in [3.05, 3.63) is 35.2 Å². The molecule has 90 valence electrons. The third kappa shape index (κ3) is 1.78. The van der Waals surface area contributed by atoms with Crippen molar-refractivity contribution in [3.8, 4) is 17.5 Å². The molecule has 1 saturated carbocycles. The Morgan fingerprint density at radius 1 is 1.39 bits per heavy atom. The highest BCUT2D eigenvalue weighted by Crippen LogP contribution is 2.36. The van der Waals surface area contributed by atoms with E-state index < -0.39 is 0 Å². The number of nitriles is 1. The van der Waals surface area contributed by atoms with E-state index in [1.54, 1.807) is 0 Å². The van der Waals surface area contributed by atoms with E-state index in [2.05, 4.69) is 16.2 Å². The fourth-order valence-corrected chi connectivity index (χ4v) is 2.06. The van der Waals surface area contributed by atoms with E-state index in [1.807, 2.05) is 25.1 Å². The molecule has 1 heterocycles. The van der Waals surface area contributed by atoms with Gasteiger partial charge in [0.2, 0.25) is 11.7 Å². The van der Waals surface area contributed by atoms with Crippen molar-refractivity contribution in [3.63, 3.8) is 0 Å². The third-order valence-electron chi connectivity index (χ3n) is 3.51. The first-order valence-electron chi connectivity index (χ1n) is 6.12. The highest BCUT2D eigenvalue weighted by atomic mass is 16.5. The molecule has 0 aliphatic heterocycles. The van der Waals surface area contributed by atoms with Gasteiger partial charge in [0.05, 0.1) is 11.6 Å². The van der Waals surface area contributed by atoms with Crippen LogP contribution in [-0.4, -0.2) is 10.1 Å². The van der Waals surface area contributed by atoms with Crippen molar-refractivity contribution < 1.29 is 4.52 Å². The molecule has 1 aliphatic rings. The summed E-state index contributed by atoms with van der Waals surface area (Å²) >= 11 is 0. The van der Waals surface area contributed by atoms with Crippen molar-refractivity contribution in [1.82, 2.24) is 10.1 Å². The lowest BCUT2D eigenvalue weighted by atomic mass is 9.85. The predicted molar refractivity (Wildman–Crippen MR) is 65.8 cm³/mol. The molecule has 1 aromatic heterocycles. The van der Waals surface area contributed by atoms with E-state index in [4.69, 9.17) is 9.78 Å². The second-order valence-corrected chi connectivity index (χ2v) is 4.73. The molecule has 4 heteroatoms. The van der Waals surface area contributed by atoms with Crippen LogP contribution in [0.4, 0.5) is 0 Å². The van der Waals surface area contributed by atoms with E-state index in [9.17, 15) is 0 Å². The summed E-state index contributed by atoms with van der Waals surface area (Å²) in [4.78, 5) is 4.42. The second kappa shape index (κ2) is 4.26. The highest BCUT2D eigenvalue weighted by Gasteiger charge is 2.25. The molecule has 0 atom stereocenters. The number of nitrogens with zero attached hydrogens (tertiary/aromatic N) is 3. The van der Waals surface area contributed by atoms with Gasteiger partial charge >= 0.3 is 0 Å². The van der Waals surface area contributed by atoms with Gasteiger partial charge in [0.1, 0.15) is 0 Å². The standard InChI is InChI=1S/C14H13N3O/c1-9-5-6-11(7-12(9)8-15)13-16-14(18-17-13)10-3-2-4-10/h5-7,10H,2-4H2,1H3. The minimum Gasteiger partial charge on any atom is -0.339 e. The molecule has 0 unspecified atom stereocenters. The average molecular weight is 239 g/mol. The molecule has 1 fully saturated rings. The van der Waals surface area contributed by atoms with Gasteiger partial charge < -0.3 is 4.52 Å². The third-order valence-corrected chi connectivity index (χ3v) is 3.51. The molecule has 0 radical (unpaired) electrons. The maximum absolute atomic E-state index is 9.02. The Kier molecular flexibility index (Phi) is 2.60. The molecule has 1 aromatic carbocycles. The van der Waals surface area contributed by atoms with Crippen LogP contribution >= 0.6 is 0 Å². The first kappa shape index (κ1) is 11.0. The number of hydrogen-bond acceptors (Lipinski definition) is 4. The second-order valence-electron chi connectivity index (χ2n) is 4.73. The van der Waals surface area contributed by atoms with Crippen LogP contribution in [0.2, 0.25) is 0 Å². The fourth-order valence-electron chi connectivity index (χ4n) is 2.06. The molecule has 18 heavy (non-hydrogen) atoms. The van der Waals surface area contributed by atoms with Crippen molar-refractivity contribution in [2.24, 2.45) is 0 Å². The van der Waals surface area contributed by atoms with Crippen molar-refractivity contribution in [2.75, 3.05) is 0 Å². The molecule has 4 nitrogen and oxygen atoms in total. The normalized spacial score (nSPS) is 15.1. The topological polar surface area (TPSA) is 62.7 Å². The zero-order valence-corrected chi connectivity index (χ0v) is 10.2. The monoisotopic (exact) mass is 239 g/mol. The maximum Gasteiger partial charge on any atom is 0.230 e. The van der Waals surface area contributed by atoms with Crippen molar-refractivity contribution >= 4 is 0 Å². The summed E-state index contributed by atoms with van der Waals surface area (Å²) in [5.74, 6) is 1.75. The highest BCUT2D eigenvalue weighted by molar-refractivity contribution is 5.59. The SMILES string of the molecule is Cc1ccc(-c2noc(C3CCC3)n2)cc1C#N. The smallest absolute Gasteiger partial charge is 0.230 e. The summed E-state index contributed by atoms with van der Waals surface area (Å²) < 4.78 is 5.28. The molecule has 0 saturated heterocycles. The minimum absolute atomic E-state index is 0.437. The summed E-state index contributed by atoms with van der Waals surface area (Å²) in [6.45, 7) is 1.92. The van der Waals surface area contributed by atoms with Gasteiger partial charge in [-0.05, 0) is 31.4 Å². The number of benzene rings is 1. The quantitative estimate of drug-likeness (QED) is 0.807. The minimum atomic E-state index is 0.437. The van der Waals surface area contributed by atoms with Gasteiger partial charge in [0, 0.05) is 11.5 Å². The molecule has 0 spiro atoms. The zero-order valence-electron chi connectivity index (χ0n) is 10.2. The Labute approximate surface area is 105 Å². The van der Waals surface area contributed by atoms with Crippen molar-refractivity contribution in [2.45, 2.75) is 32.1 Å². The summed E-state index contributed by atoms with van der Waals surface area (Å²) in [5.41, 5.74) is 2.46. The molecular weight excluding hydrogens is 226 g/mol. The van der Waals surface area contributed by atoms with Crippen LogP contribution < -0.4 is 0 Å². The predicted octanol–water partition coefficient (Wildman–Crippen LogP) is 3.18. The van der Waals surface area contributed by atoms with Crippen LogP contribution in [0, 0.1) is 18.3 Å². The molecular formula is C14H13N3O. The van der Waals surface area contributed by atoms with E-state index >= 15 is 0 Å². The van der Waals surface area contributed by atoms with E-state index in [-0.39, 0.29) is 0 Å². The lowest BCUT2D eigenvalue weighted by Gasteiger charge is -2.20. The number of rotatable bonds is 2. The Hall–Kier alpha value is -2.15. The van der Waals surface area contributed by atoms with Gasteiger partial charge in [0.25, 0.3) is 0 Å². The van der Waals surface area contributed by atoms with Gasteiger partial charge in [-0.3, -0.25) is 0 Å². The maximum atomic E-state index is 9.02. The molecule has 1 aliphatic carbocycles. The first-order valence-corrected chi connectivity index (χ1v) is 6.12. The average Bonchev–Trinajstić information content (AvgIpc) is 2.76. The Bertz CT molecular complexity index is 620. The lowest BCUT2D eigenvalue weighted by molar-refractivity contribution is 0.292. The van der Waals surface area contributed by atoms with E-state index in [0.717, 1.165) is 29.9 Å². The van der Waals surface area contributed by atoms with Crippen LogP contribution in [0.5, 0.6) is 0 Å². The fraction of sp³-hybridized carbons (Fsp3) is 0.357. The van der Waals surface area contributed by atoms with E-state index in [0.29, 0.717) is 17.3 Å². The summed E-state index contributed by atoms with van der Waals surface area (Å²) in [5, 5.41) is 13.0. The van der Waals surface area contributed by atoms with Gasteiger partial charge in [-0.25, -0.2) is 0 Å². The van der Waals surface area contributed by atoms with Crippen LogP contribution in [0.3, 0.4) is 0 Å². The summed E-state index contributed by atoms with van der Waals surface area (Å²) in [6, 6.07) is 7.81. The van der Waals surface area contributed by atoms with Crippen LogP contribution in [-0.2, 0) is 0 Å². The van der Waals surface area contributed by atoms with Crippen LogP contribution in [0.1, 0.15) is 42.2 Å². The molecule has 0 bridgehead atoms. The number of hydrogen-bond donors (Lipinski definition) is 0. The summed E-state index contributed by atoms with van der Waals surface area (Å²) in [7, 11) is 0. The Morgan fingerprint density at radius 3 is 2.89 bits per heavy atom. The molecule has 0 amide bonds. The van der Waals surface area contributed by atoms with Crippen molar-refractivity contribution in [1.29, 1.82) is 5.26 Å². The largest absolute Gasteiger partial charge is 0.339 e.